The van der Waals surface area contributed by atoms with Gasteiger partial charge in [0, 0.05) is 30.3 Å². The summed E-state index contributed by atoms with van der Waals surface area (Å²) < 4.78 is 1.62. The summed E-state index contributed by atoms with van der Waals surface area (Å²) >= 11 is 1.49. The van der Waals surface area contributed by atoms with Gasteiger partial charge < -0.3 is 5.73 Å². The SMILES string of the molecule is CCCc1nc2scc(-c3ccc(CC)cc3)c2c(=O)n1CCC(N)=O. The molecule has 0 bridgehead atoms. The third kappa shape index (κ3) is 3.55. The molecular weight excluding hydrogens is 346 g/mol. The summed E-state index contributed by atoms with van der Waals surface area (Å²) in [6.45, 7) is 4.44. The molecule has 3 aromatic rings. The molecule has 0 spiro atoms. The monoisotopic (exact) mass is 369 g/mol. The minimum absolute atomic E-state index is 0.0875. The van der Waals surface area contributed by atoms with Crippen molar-refractivity contribution in [3.8, 4) is 11.1 Å². The molecule has 0 unspecified atom stereocenters. The van der Waals surface area contributed by atoms with Gasteiger partial charge in [0.15, 0.2) is 0 Å². The van der Waals surface area contributed by atoms with E-state index in [9.17, 15) is 9.59 Å². The first kappa shape index (κ1) is 18.3. The molecule has 0 fully saturated rings. The summed E-state index contributed by atoms with van der Waals surface area (Å²) in [5.74, 6) is 0.307. The fourth-order valence-electron chi connectivity index (χ4n) is 3.07. The molecule has 2 N–H and O–H groups in total. The molecule has 2 aromatic heterocycles. The van der Waals surface area contributed by atoms with E-state index in [0.29, 0.717) is 11.8 Å². The fraction of sp³-hybridized carbons (Fsp3) is 0.350. The number of rotatable bonds is 7. The first-order chi connectivity index (χ1) is 12.5. The molecule has 0 aliphatic heterocycles. The Morgan fingerprint density at radius 2 is 1.96 bits per heavy atom. The molecule has 5 nitrogen and oxygen atoms in total. The number of amides is 1. The zero-order valence-corrected chi connectivity index (χ0v) is 15.9. The lowest BCUT2D eigenvalue weighted by Crippen LogP contribution is -2.27. The summed E-state index contributed by atoms with van der Waals surface area (Å²) in [5, 5.41) is 2.62. The van der Waals surface area contributed by atoms with Crippen LogP contribution in [0, 0.1) is 0 Å². The molecule has 6 heteroatoms. The van der Waals surface area contributed by atoms with Crippen LogP contribution in [0.4, 0.5) is 0 Å². The van der Waals surface area contributed by atoms with Crippen molar-refractivity contribution in [2.45, 2.75) is 46.1 Å². The van der Waals surface area contributed by atoms with Crippen molar-refractivity contribution < 1.29 is 4.79 Å². The summed E-state index contributed by atoms with van der Waals surface area (Å²) in [5.41, 5.74) is 8.37. The van der Waals surface area contributed by atoms with Crippen LogP contribution in [-0.2, 0) is 24.2 Å². The second-order valence-corrected chi connectivity index (χ2v) is 7.19. The van der Waals surface area contributed by atoms with Gasteiger partial charge in [0.05, 0.1) is 5.39 Å². The van der Waals surface area contributed by atoms with Crippen molar-refractivity contribution in [3.05, 3.63) is 51.4 Å². The largest absolute Gasteiger partial charge is 0.370 e. The molecule has 0 saturated heterocycles. The first-order valence-corrected chi connectivity index (χ1v) is 9.81. The molecule has 26 heavy (non-hydrogen) atoms. The summed E-state index contributed by atoms with van der Waals surface area (Å²) in [7, 11) is 0. The van der Waals surface area contributed by atoms with Gasteiger partial charge in [0.25, 0.3) is 5.56 Å². The number of thiophene rings is 1. The third-order valence-corrected chi connectivity index (χ3v) is 5.37. The average Bonchev–Trinajstić information content (AvgIpc) is 3.05. The maximum absolute atomic E-state index is 13.2. The van der Waals surface area contributed by atoms with E-state index in [1.807, 2.05) is 24.4 Å². The molecule has 3 rings (SSSR count). The third-order valence-electron chi connectivity index (χ3n) is 4.50. The highest BCUT2D eigenvalue weighted by atomic mass is 32.1. The Balaban J connectivity index is 2.16. The van der Waals surface area contributed by atoms with Gasteiger partial charge in [-0.1, -0.05) is 38.1 Å². The molecule has 1 aromatic carbocycles. The van der Waals surface area contributed by atoms with Crippen molar-refractivity contribution in [2.75, 3.05) is 0 Å². The Labute approximate surface area is 156 Å². The number of hydrogen-bond donors (Lipinski definition) is 1. The Hall–Kier alpha value is -2.47. The minimum atomic E-state index is -0.417. The molecule has 0 atom stereocenters. The van der Waals surface area contributed by atoms with Crippen LogP contribution in [0.25, 0.3) is 21.3 Å². The lowest BCUT2D eigenvalue weighted by atomic mass is 10.0. The summed E-state index contributed by atoms with van der Waals surface area (Å²) in [6.07, 6.45) is 2.69. The molecule has 136 valence electrons. The number of nitrogens with zero attached hydrogens (tertiary/aromatic N) is 2. The molecule has 0 aliphatic rings. The van der Waals surface area contributed by atoms with E-state index in [-0.39, 0.29) is 18.5 Å². The topological polar surface area (TPSA) is 78.0 Å². The maximum atomic E-state index is 13.2. The Morgan fingerprint density at radius 3 is 2.58 bits per heavy atom. The second-order valence-electron chi connectivity index (χ2n) is 6.33. The fourth-order valence-corrected chi connectivity index (χ4v) is 4.02. The van der Waals surface area contributed by atoms with Crippen LogP contribution in [-0.4, -0.2) is 15.5 Å². The van der Waals surface area contributed by atoms with E-state index < -0.39 is 5.91 Å². The van der Waals surface area contributed by atoms with Crippen LogP contribution in [0.15, 0.2) is 34.4 Å². The van der Waals surface area contributed by atoms with Crippen molar-refractivity contribution in [1.29, 1.82) is 0 Å². The average molecular weight is 369 g/mol. The van der Waals surface area contributed by atoms with Crippen LogP contribution in [0.3, 0.4) is 0 Å². The number of aryl methyl sites for hydroxylation is 2. The number of fused-ring (bicyclic) bond motifs is 1. The van der Waals surface area contributed by atoms with Crippen molar-refractivity contribution in [1.82, 2.24) is 9.55 Å². The van der Waals surface area contributed by atoms with Gasteiger partial charge in [-0.15, -0.1) is 11.3 Å². The standard InChI is InChI=1S/C20H23N3O2S/c1-3-5-17-22-19-18(20(25)23(17)11-10-16(21)24)15(12-26-19)14-8-6-13(4-2)7-9-14/h6-9,12H,3-5,10-11H2,1-2H3,(H2,21,24). The zero-order chi connectivity index (χ0) is 18.7. The molecule has 0 radical (unpaired) electrons. The highest BCUT2D eigenvalue weighted by molar-refractivity contribution is 7.17. The normalized spacial score (nSPS) is 11.2. The number of aromatic nitrogens is 2. The predicted octanol–water partition coefficient (Wildman–Crippen LogP) is 3.52. The van der Waals surface area contributed by atoms with Crippen LogP contribution in [0.1, 0.15) is 38.1 Å². The van der Waals surface area contributed by atoms with Crippen LogP contribution in [0.5, 0.6) is 0 Å². The van der Waals surface area contributed by atoms with Gasteiger partial charge in [-0.25, -0.2) is 4.98 Å². The van der Waals surface area contributed by atoms with Gasteiger partial charge in [-0.3, -0.25) is 14.2 Å². The van der Waals surface area contributed by atoms with Gasteiger partial charge in [-0.2, -0.15) is 0 Å². The predicted molar refractivity (Wildman–Crippen MR) is 107 cm³/mol. The lowest BCUT2D eigenvalue weighted by Gasteiger charge is -2.11. The minimum Gasteiger partial charge on any atom is -0.370 e. The van der Waals surface area contributed by atoms with E-state index in [2.05, 4.69) is 19.1 Å². The number of carbonyl (C=O) groups is 1. The molecule has 2 heterocycles. The molecule has 0 saturated carbocycles. The van der Waals surface area contributed by atoms with Crippen LogP contribution < -0.4 is 11.3 Å². The highest BCUT2D eigenvalue weighted by Gasteiger charge is 2.17. The van der Waals surface area contributed by atoms with E-state index in [1.54, 1.807) is 4.57 Å². The molecular formula is C20H23N3O2S. The van der Waals surface area contributed by atoms with Crippen molar-refractivity contribution in [2.24, 2.45) is 5.73 Å². The van der Waals surface area contributed by atoms with Crippen LogP contribution >= 0.6 is 11.3 Å². The zero-order valence-electron chi connectivity index (χ0n) is 15.1. The smallest absolute Gasteiger partial charge is 0.262 e. The van der Waals surface area contributed by atoms with E-state index in [1.165, 1.54) is 16.9 Å². The Morgan fingerprint density at radius 1 is 1.23 bits per heavy atom. The van der Waals surface area contributed by atoms with E-state index >= 15 is 0 Å². The number of primary amides is 1. The number of hydrogen-bond acceptors (Lipinski definition) is 4. The van der Waals surface area contributed by atoms with Gasteiger partial charge in [0.2, 0.25) is 5.91 Å². The maximum Gasteiger partial charge on any atom is 0.262 e. The Bertz CT molecular complexity index is 987. The summed E-state index contributed by atoms with van der Waals surface area (Å²) in [6, 6.07) is 8.27. The number of nitrogens with two attached hydrogens (primary N) is 1. The van der Waals surface area contributed by atoms with Gasteiger partial charge in [0.1, 0.15) is 10.7 Å². The number of carbonyl (C=O) groups excluding carboxylic acids is 1. The first-order valence-electron chi connectivity index (χ1n) is 8.93. The number of benzene rings is 1. The van der Waals surface area contributed by atoms with E-state index in [0.717, 1.165) is 34.6 Å². The summed E-state index contributed by atoms with van der Waals surface area (Å²) in [4.78, 5) is 29.9. The molecule has 1 amide bonds. The van der Waals surface area contributed by atoms with Crippen molar-refractivity contribution in [3.63, 3.8) is 0 Å². The van der Waals surface area contributed by atoms with Gasteiger partial charge >= 0.3 is 0 Å². The lowest BCUT2D eigenvalue weighted by molar-refractivity contribution is -0.118. The highest BCUT2D eigenvalue weighted by Crippen LogP contribution is 2.31. The second kappa shape index (κ2) is 7.83. The van der Waals surface area contributed by atoms with Crippen LogP contribution in [0.2, 0.25) is 0 Å². The Kier molecular flexibility index (Phi) is 5.52. The molecule has 0 aliphatic carbocycles. The van der Waals surface area contributed by atoms with Crippen molar-refractivity contribution >= 4 is 27.5 Å². The van der Waals surface area contributed by atoms with Gasteiger partial charge in [-0.05, 0) is 24.0 Å². The van der Waals surface area contributed by atoms with E-state index in [4.69, 9.17) is 10.7 Å². The quantitative estimate of drug-likeness (QED) is 0.692.